The van der Waals surface area contributed by atoms with E-state index < -0.39 is 0 Å². The van der Waals surface area contributed by atoms with Gasteiger partial charge in [0, 0.05) is 25.9 Å². The van der Waals surface area contributed by atoms with Crippen molar-refractivity contribution >= 4 is 0 Å². The predicted molar refractivity (Wildman–Crippen MR) is 68.0 cm³/mol. The average Bonchev–Trinajstić information content (AvgIpc) is 2.96. The first-order chi connectivity index (χ1) is 8.28. The van der Waals surface area contributed by atoms with Gasteiger partial charge in [-0.15, -0.1) is 0 Å². The van der Waals surface area contributed by atoms with E-state index in [9.17, 15) is 0 Å². The standard InChI is InChI=1S/C13H23N3O/c1-14-12(5-6-13-4-3-7-17-13)8-11-9-15-16(2)10-11/h9-10,12-14H,3-8H2,1-2H3. The van der Waals surface area contributed by atoms with Crippen LogP contribution in [0.5, 0.6) is 0 Å². The molecule has 1 aromatic rings. The minimum atomic E-state index is 0.500. The van der Waals surface area contributed by atoms with Gasteiger partial charge in [-0.2, -0.15) is 5.10 Å². The average molecular weight is 237 g/mol. The van der Waals surface area contributed by atoms with Gasteiger partial charge in [-0.1, -0.05) is 0 Å². The molecule has 0 bridgehead atoms. The van der Waals surface area contributed by atoms with E-state index >= 15 is 0 Å². The quantitative estimate of drug-likeness (QED) is 0.815. The van der Waals surface area contributed by atoms with Gasteiger partial charge in [0.25, 0.3) is 0 Å². The maximum Gasteiger partial charge on any atom is 0.0576 e. The van der Waals surface area contributed by atoms with Gasteiger partial charge < -0.3 is 10.1 Å². The number of rotatable bonds is 6. The minimum absolute atomic E-state index is 0.500. The Labute approximate surface area is 103 Å². The normalized spacial score (nSPS) is 21.9. The van der Waals surface area contributed by atoms with E-state index in [0.29, 0.717) is 12.1 Å². The van der Waals surface area contributed by atoms with Crippen LogP contribution in [0.2, 0.25) is 0 Å². The lowest BCUT2D eigenvalue weighted by atomic mass is 10.0. The Morgan fingerprint density at radius 1 is 1.65 bits per heavy atom. The van der Waals surface area contributed by atoms with Crippen LogP contribution >= 0.6 is 0 Å². The SMILES string of the molecule is CNC(CCC1CCCO1)Cc1cnn(C)c1. The fraction of sp³-hybridized carbons (Fsp3) is 0.769. The van der Waals surface area contributed by atoms with Crippen LogP contribution in [0.4, 0.5) is 0 Å². The molecule has 2 unspecified atom stereocenters. The second kappa shape index (κ2) is 6.17. The number of hydrogen-bond acceptors (Lipinski definition) is 3. The van der Waals surface area contributed by atoms with Crippen molar-refractivity contribution in [2.75, 3.05) is 13.7 Å². The Bertz CT molecular complexity index is 331. The highest BCUT2D eigenvalue weighted by atomic mass is 16.5. The molecule has 0 amide bonds. The molecule has 1 aliphatic rings. The fourth-order valence-corrected chi connectivity index (χ4v) is 2.47. The molecule has 4 nitrogen and oxygen atoms in total. The topological polar surface area (TPSA) is 39.1 Å². The molecule has 2 rings (SSSR count). The third-order valence-electron chi connectivity index (χ3n) is 3.51. The summed E-state index contributed by atoms with van der Waals surface area (Å²) in [6, 6.07) is 0.531. The molecule has 0 spiro atoms. The van der Waals surface area contributed by atoms with Crippen LogP contribution in [0.3, 0.4) is 0 Å². The van der Waals surface area contributed by atoms with Crippen molar-refractivity contribution in [1.29, 1.82) is 0 Å². The molecule has 4 heteroatoms. The first-order valence-corrected chi connectivity index (χ1v) is 6.54. The summed E-state index contributed by atoms with van der Waals surface area (Å²) >= 11 is 0. The molecule has 0 radical (unpaired) electrons. The van der Waals surface area contributed by atoms with E-state index in [1.807, 2.05) is 25.0 Å². The van der Waals surface area contributed by atoms with Crippen LogP contribution in [-0.2, 0) is 18.2 Å². The number of aryl methyl sites for hydroxylation is 1. The van der Waals surface area contributed by atoms with Crippen molar-refractivity contribution in [3.63, 3.8) is 0 Å². The van der Waals surface area contributed by atoms with E-state index in [1.54, 1.807) is 0 Å². The highest BCUT2D eigenvalue weighted by molar-refractivity contribution is 5.05. The highest BCUT2D eigenvalue weighted by Gasteiger charge is 2.17. The van der Waals surface area contributed by atoms with Crippen LogP contribution < -0.4 is 5.32 Å². The number of nitrogens with one attached hydrogen (secondary N) is 1. The number of ether oxygens (including phenoxy) is 1. The van der Waals surface area contributed by atoms with E-state index in [2.05, 4.69) is 16.6 Å². The molecule has 2 atom stereocenters. The minimum Gasteiger partial charge on any atom is -0.378 e. The molecular formula is C13H23N3O. The van der Waals surface area contributed by atoms with Gasteiger partial charge in [-0.25, -0.2) is 0 Å². The lowest BCUT2D eigenvalue weighted by Gasteiger charge is -2.17. The van der Waals surface area contributed by atoms with Gasteiger partial charge in [0.2, 0.25) is 0 Å². The zero-order valence-electron chi connectivity index (χ0n) is 10.9. The van der Waals surface area contributed by atoms with E-state index in [-0.39, 0.29) is 0 Å². The van der Waals surface area contributed by atoms with Crippen LogP contribution in [0, 0.1) is 0 Å². The van der Waals surface area contributed by atoms with Crippen molar-refractivity contribution in [2.24, 2.45) is 7.05 Å². The summed E-state index contributed by atoms with van der Waals surface area (Å²) in [6.45, 7) is 0.956. The number of aromatic nitrogens is 2. The van der Waals surface area contributed by atoms with Crippen LogP contribution in [-0.4, -0.2) is 35.6 Å². The summed E-state index contributed by atoms with van der Waals surface area (Å²) in [4.78, 5) is 0. The van der Waals surface area contributed by atoms with Crippen molar-refractivity contribution < 1.29 is 4.74 Å². The van der Waals surface area contributed by atoms with Gasteiger partial charge in [0.05, 0.1) is 12.3 Å². The Hall–Kier alpha value is -0.870. The molecule has 17 heavy (non-hydrogen) atoms. The molecule has 0 aromatic carbocycles. The molecule has 0 aliphatic carbocycles. The van der Waals surface area contributed by atoms with Crippen LogP contribution in [0.15, 0.2) is 12.4 Å². The Morgan fingerprint density at radius 3 is 3.12 bits per heavy atom. The number of nitrogens with zero attached hydrogens (tertiary/aromatic N) is 2. The van der Waals surface area contributed by atoms with Crippen molar-refractivity contribution in [2.45, 2.75) is 44.2 Å². The molecule has 96 valence electrons. The van der Waals surface area contributed by atoms with Gasteiger partial charge >= 0.3 is 0 Å². The summed E-state index contributed by atoms with van der Waals surface area (Å²) in [5.74, 6) is 0. The summed E-state index contributed by atoms with van der Waals surface area (Å²) < 4.78 is 7.52. The summed E-state index contributed by atoms with van der Waals surface area (Å²) in [6.07, 6.45) is 10.4. The Morgan fingerprint density at radius 2 is 2.53 bits per heavy atom. The van der Waals surface area contributed by atoms with Gasteiger partial charge in [-0.3, -0.25) is 4.68 Å². The van der Waals surface area contributed by atoms with E-state index in [0.717, 1.165) is 13.0 Å². The predicted octanol–water partition coefficient (Wildman–Crippen LogP) is 1.51. The molecule has 1 fully saturated rings. The summed E-state index contributed by atoms with van der Waals surface area (Å²) in [5.41, 5.74) is 1.30. The largest absolute Gasteiger partial charge is 0.378 e. The number of likely N-dealkylation sites (N-methyl/N-ethyl adjacent to an activating group) is 1. The Kier molecular flexibility index (Phi) is 4.57. The zero-order chi connectivity index (χ0) is 12.1. The number of hydrogen-bond donors (Lipinski definition) is 1. The molecule has 1 aliphatic heterocycles. The zero-order valence-corrected chi connectivity index (χ0v) is 10.9. The second-order valence-corrected chi connectivity index (χ2v) is 4.92. The fourth-order valence-electron chi connectivity index (χ4n) is 2.47. The Balaban J connectivity index is 1.75. The lowest BCUT2D eigenvalue weighted by molar-refractivity contribution is 0.0998. The maximum absolute atomic E-state index is 5.66. The van der Waals surface area contributed by atoms with Crippen LogP contribution in [0.25, 0.3) is 0 Å². The molecule has 2 heterocycles. The van der Waals surface area contributed by atoms with Crippen molar-refractivity contribution in [3.05, 3.63) is 18.0 Å². The monoisotopic (exact) mass is 237 g/mol. The smallest absolute Gasteiger partial charge is 0.0576 e. The molecule has 1 saturated heterocycles. The molecule has 1 aromatic heterocycles. The van der Waals surface area contributed by atoms with E-state index in [4.69, 9.17) is 4.74 Å². The molecule has 0 saturated carbocycles. The van der Waals surface area contributed by atoms with Crippen molar-refractivity contribution in [3.8, 4) is 0 Å². The van der Waals surface area contributed by atoms with E-state index in [1.165, 1.54) is 31.2 Å². The third kappa shape index (κ3) is 3.82. The first-order valence-electron chi connectivity index (χ1n) is 6.54. The second-order valence-electron chi connectivity index (χ2n) is 4.92. The van der Waals surface area contributed by atoms with Gasteiger partial charge in [0.15, 0.2) is 0 Å². The summed E-state index contributed by atoms with van der Waals surface area (Å²) in [5, 5.41) is 7.60. The summed E-state index contributed by atoms with van der Waals surface area (Å²) in [7, 11) is 4.00. The van der Waals surface area contributed by atoms with Gasteiger partial charge in [-0.05, 0) is 44.7 Å². The lowest BCUT2D eigenvalue weighted by Crippen LogP contribution is -2.28. The third-order valence-corrected chi connectivity index (χ3v) is 3.51. The molecular weight excluding hydrogens is 214 g/mol. The maximum atomic E-state index is 5.66. The van der Waals surface area contributed by atoms with Gasteiger partial charge in [0.1, 0.15) is 0 Å². The highest BCUT2D eigenvalue weighted by Crippen LogP contribution is 2.18. The first kappa shape index (κ1) is 12.6. The van der Waals surface area contributed by atoms with Crippen molar-refractivity contribution in [1.82, 2.24) is 15.1 Å². The van der Waals surface area contributed by atoms with Crippen LogP contribution in [0.1, 0.15) is 31.2 Å². The molecule has 1 N–H and O–H groups in total.